The van der Waals surface area contributed by atoms with Gasteiger partial charge in [0.1, 0.15) is 0 Å². The van der Waals surface area contributed by atoms with E-state index >= 15 is 0 Å². The number of rotatable bonds is 3. The van der Waals surface area contributed by atoms with Crippen LogP contribution in [-0.4, -0.2) is 23.9 Å². The molecule has 1 aliphatic rings. The molecular weight excluding hydrogens is 254 g/mol. The van der Waals surface area contributed by atoms with Crippen LogP contribution < -0.4 is 0 Å². The van der Waals surface area contributed by atoms with Gasteiger partial charge >= 0.3 is 0 Å². The summed E-state index contributed by atoms with van der Waals surface area (Å²) in [6, 6.07) is 8.29. The fraction of sp³-hybridized carbons (Fsp3) is 0.417. The number of hydrogen-bond acceptors (Lipinski definition) is 1. The largest absolute Gasteiger partial charge is 0.342 e. The third-order valence-corrected chi connectivity index (χ3v) is 3.28. The van der Waals surface area contributed by atoms with Crippen molar-refractivity contribution in [2.75, 3.05) is 13.1 Å². The minimum Gasteiger partial charge on any atom is -0.342 e. The fourth-order valence-electron chi connectivity index (χ4n) is 1.86. The van der Waals surface area contributed by atoms with Gasteiger partial charge in [-0.25, -0.2) is 0 Å². The van der Waals surface area contributed by atoms with Crippen LogP contribution in [0.15, 0.2) is 28.7 Å². The maximum Gasteiger partial charge on any atom is 0.222 e. The molecular formula is C12H14BrNO. The lowest BCUT2D eigenvalue weighted by Crippen LogP contribution is -2.26. The summed E-state index contributed by atoms with van der Waals surface area (Å²) in [5.41, 5.74) is 1.29. The molecule has 1 aromatic carbocycles. The van der Waals surface area contributed by atoms with Gasteiger partial charge in [0, 0.05) is 24.0 Å². The van der Waals surface area contributed by atoms with Crippen molar-refractivity contribution in [3.63, 3.8) is 0 Å². The van der Waals surface area contributed by atoms with Crippen LogP contribution in [0.3, 0.4) is 0 Å². The number of nitrogens with zero attached hydrogens (tertiary/aromatic N) is 1. The lowest BCUT2D eigenvalue weighted by Gasteiger charge is -2.15. The summed E-state index contributed by atoms with van der Waals surface area (Å²) in [6.45, 7) is 1.80. The Bertz CT molecular complexity index is 347. The molecule has 0 N–H and O–H groups in total. The highest BCUT2D eigenvalue weighted by molar-refractivity contribution is 9.10. The number of amides is 1. The van der Waals surface area contributed by atoms with Gasteiger partial charge in [0.2, 0.25) is 5.91 Å². The second kappa shape index (κ2) is 4.79. The van der Waals surface area contributed by atoms with E-state index in [-0.39, 0.29) is 0 Å². The second-order valence-corrected chi connectivity index (χ2v) is 4.78. The van der Waals surface area contributed by atoms with E-state index in [2.05, 4.69) is 28.1 Å². The molecule has 3 heteroatoms. The van der Waals surface area contributed by atoms with Crippen molar-refractivity contribution in [2.45, 2.75) is 19.3 Å². The minimum atomic E-state index is 0.312. The van der Waals surface area contributed by atoms with Crippen molar-refractivity contribution < 1.29 is 4.79 Å². The molecule has 2 rings (SSSR count). The molecule has 0 bridgehead atoms. The van der Waals surface area contributed by atoms with E-state index in [0.717, 1.165) is 36.8 Å². The van der Waals surface area contributed by atoms with Gasteiger partial charge in [-0.2, -0.15) is 0 Å². The zero-order valence-corrected chi connectivity index (χ0v) is 10.2. The van der Waals surface area contributed by atoms with Crippen LogP contribution in [0.1, 0.15) is 18.4 Å². The number of hydrogen-bond donors (Lipinski definition) is 0. The summed E-state index contributed by atoms with van der Waals surface area (Å²) in [6.07, 6.45) is 2.72. The molecule has 80 valence electrons. The predicted octanol–water partition coefficient (Wildman–Crippen LogP) is 2.61. The first-order valence-corrected chi connectivity index (χ1v) is 6.07. The average Bonchev–Trinajstić information content (AvgIpc) is 2.63. The van der Waals surface area contributed by atoms with E-state index in [9.17, 15) is 4.79 Å². The maximum absolute atomic E-state index is 11.4. The average molecular weight is 268 g/mol. The highest BCUT2D eigenvalue weighted by atomic mass is 79.9. The van der Waals surface area contributed by atoms with E-state index in [4.69, 9.17) is 0 Å². The molecule has 2 nitrogen and oxygen atoms in total. The van der Waals surface area contributed by atoms with Crippen molar-refractivity contribution >= 4 is 21.8 Å². The Morgan fingerprint density at radius 1 is 1.27 bits per heavy atom. The summed E-state index contributed by atoms with van der Waals surface area (Å²) in [4.78, 5) is 13.3. The first-order valence-electron chi connectivity index (χ1n) is 5.28. The van der Waals surface area contributed by atoms with Crippen molar-refractivity contribution in [3.8, 4) is 0 Å². The molecule has 1 fully saturated rings. The molecule has 0 aliphatic carbocycles. The molecule has 0 spiro atoms. The fourth-order valence-corrected chi connectivity index (χ4v) is 2.12. The monoisotopic (exact) mass is 267 g/mol. The van der Waals surface area contributed by atoms with Crippen LogP contribution in [-0.2, 0) is 11.2 Å². The normalized spacial score (nSPS) is 16.1. The van der Waals surface area contributed by atoms with Crippen LogP contribution in [0.2, 0.25) is 0 Å². The first kappa shape index (κ1) is 10.7. The number of carbonyl (C=O) groups excluding carboxylic acids is 1. The Balaban J connectivity index is 1.87. The summed E-state index contributed by atoms with van der Waals surface area (Å²) in [5, 5.41) is 0. The zero-order valence-electron chi connectivity index (χ0n) is 8.58. The second-order valence-electron chi connectivity index (χ2n) is 3.86. The van der Waals surface area contributed by atoms with Crippen LogP contribution in [0.25, 0.3) is 0 Å². The van der Waals surface area contributed by atoms with E-state index < -0.39 is 0 Å². The van der Waals surface area contributed by atoms with Gasteiger partial charge in [0.05, 0.1) is 0 Å². The maximum atomic E-state index is 11.4. The van der Waals surface area contributed by atoms with E-state index in [1.807, 2.05) is 17.0 Å². The van der Waals surface area contributed by atoms with Crippen molar-refractivity contribution in [2.24, 2.45) is 0 Å². The Morgan fingerprint density at radius 2 is 2.00 bits per heavy atom. The topological polar surface area (TPSA) is 20.3 Å². The summed E-state index contributed by atoms with van der Waals surface area (Å²) < 4.78 is 1.10. The van der Waals surface area contributed by atoms with E-state index in [1.165, 1.54) is 5.56 Å². The molecule has 0 saturated carbocycles. The lowest BCUT2D eigenvalue weighted by atomic mass is 10.1. The molecule has 0 atom stereocenters. The van der Waals surface area contributed by atoms with Crippen molar-refractivity contribution in [3.05, 3.63) is 34.3 Å². The molecule has 15 heavy (non-hydrogen) atoms. The van der Waals surface area contributed by atoms with Crippen LogP contribution in [0.5, 0.6) is 0 Å². The molecule has 1 amide bonds. The van der Waals surface area contributed by atoms with E-state index in [0.29, 0.717) is 5.91 Å². The lowest BCUT2D eigenvalue weighted by molar-refractivity contribution is -0.127. The van der Waals surface area contributed by atoms with Crippen molar-refractivity contribution in [1.29, 1.82) is 0 Å². The molecule has 1 aliphatic heterocycles. The Hall–Kier alpha value is -0.830. The van der Waals surface area contributed by atoms with Gasteiger partial charge in [0.25, 0.3) is 0 Å². The van der Waals surface area contributed by atoms with Gasteiger partial charge in [-0.1, -0.05) is 28.1 Å². The number of likely N-dealkylation sites (tertiary alicyclic amines) is 1. The summed E-state index contributed by atoms with van der Waals surface area (Å²) in [7, 11) is 0. The quantitative estimate of drug-likeness (QED) is 0.825. The van der Waals surface area contributed by atoms with Gasteiger partial charge in [-0.15, -0.1) is 0 Å². The molecule has 1 aromatic rings. The summed E-state index contributed by atoms with van der Waals surface area (Å²) >= 11 is 3.41. The van der Waals surface area contributed by atoms with E-state index in [1.54, 1.807) is 0 Å². The van der Waals surface area contributed by atoms with Gasteiger partial charge in [-0.3, -0.25) is 4.79 Å². The smallest absolute Gasteiger partial charge is 0.222 e. The first-order chi connectivity index (χ1) is 7.25. The minimum absolute atomic E-state index is 0.312. The SMILES string of the molecule is O=C1CCCN1CCc1ccc(Br)cc1. The number of carbonyl (C=O) groups is 1. The van der Waals surface area contributed by atoms with Gasteiger partial charge in [0.15, 0.2) is 0 Å². The Kier molecular flexibility index (Phi) is 3.41. The standard InChI is InChI=1S/C12H14BrNO/c13-11-5-3-10(4-6-11)7-9-14-8-1-2-12(14)15/h3-6H,1-2,7-9H2. The molecule has 0 radical (unpaired) electrons. The summed E-state index contributed by atoms with van der Waals surface area (Å²) in [5.74, 6) is 0.312. The number of halogens is 1. The van der Waals surface area contributed by atoms with Crippen LogP contribution in [0.4, 0.5) is 0 Å². The van der Waals surface area contributed by atoms with Crippen LogP contribution >= 0.6 is 15.9 Å². The van der Waals surface area contributed by atoms with Gasteiger partial charge < -0.3 is 4.90 Å². The van der Waals surface area contributed by atoms with Crippen LogP contribution in [0, 0.1) is 0 Å². The molecule has 1 saturated heterocycles. The van der Waals surface area contributed by atoms with Gasteiger partial charge in [-0.05, 0) is 30.5 Å². The predicted molar refractivity (Wildman–Crippen MR) is 63.7 cm³/mol. The molecule has 0 aromatic heterocycles. The molecule has 0 unspecified atom stereocenters. The third-order valence-electron chi connectivity index (χ3n) is 2.76. The zero-order chi connectivity index (χ0) is 10.7. The highest BCUT2D eigenvalue weighted by Gasteiger charge is 2.19. The van der Waals surface area contributed by atoms with Crippen molar-refractivity contribution in [1.82, 2.24) is 4.90 Å². The third kappa shape index (κ3) is 2.81. The Morgan fingerprint density at radius 3 is 2.60 bits per heavy atom. The number of benzene rings is 1. The Labute approximate surface area is 98.4 Å². The molecule has 1 heterocycles. The highest BCUT2D eigenvalue weighted by Crippen LogP contribution is 2.13.